The van der Waals surface area contributed by atoms with Crippen LogP contribution in [0.2, 0.25) is 0 Å². The topological polar surface area (TPSA) is 94.4 Å². The molecule has 0 aliphatic heterocycles. The second-order valence-corrected chi connectivity index (χ2v) is 5.59. The van der Waals surface area contributed by atoms with Crippen LogP contribution in [0.4, 0.5) is 0 Å². The molecule has 1 N–H and O–H groups in total. The molecule has 24 heavy (non-hydrogen) atoms. The maximum Gasteiger partial charge on any atom is 0.312 e. The molecular formula is C17H21N6O+. The van der Waals surface area contributed by atoms with E-state index < -0.39 is 0 Å². The first kappa shape index (κ1) is 17.5. The van der Waals surface area contributed by atoms with Crippen LogP contribution in [0.25, 0.3) is 6.08 Å². The van der Waals surface area contributed by atoms with Gasteiger partial charge >= 0.3 is 5.69 Å². The van der Waals surface area contributed by atoms with Gasteiger partial charge in [-0.05, 0) is 26.0 Å². The summed E-state index contributed by atoms with van der Waals surface area (Å²) in [6.45, 7) is 4.35. The van der Waals surface area contributed by atoms with E-state index in [-0.39, 0.29) is 6.61 Å². The van der Waals surface area contributed by atoms with Crippen LogP contribution in [0.3, 0.4) is 0 Å². The van der Waals surface area contributed by atoms with Gasteiger partial charge in [-0.3, -0.25) is 4.68 Å². The van der Waals surface area contributed by atoms with Gasteiger partial charge in [-0.2, -0.15) is 20.3 Å². The predicted octanol–water partition coefficient (Wildman–Crippen LogP) is 0.654. The lowest BCUT2D eigenvalue weighted by molar-refractivity contribution is -0.767. The van der Waals surface area contributed by atoms with Crippen LogP contribution in [0, 0.1) is 36.5 Å². The number of hydrogen-bond donors (Lipinski definition) is 1. The Bertz CT molecular complexity index is 873. The van der Waals surface area contributed by atoms with Crippen molar-refractivity contribution in [2.45, 2.75) is 26.8 Å². The first-order chi connectivity index (χ1) is 11.5. The number of aliphatic hydroxyl groups is 1. The average Bonchev–Trinajstić information content (AvgIpc) is 2.97. The minimum atomic E-state index is 0.00970. The molecule has 0 atom stereocenters. The van der Waals surface area contributed by atoms with Crippen molar-refractivity contribution in [2.24, 2.45) is 14.1 Å². The molecule has 0 fully saturated rings. The Morgan fingerprint density at radius 1 is 1.21 bits per heavy atom. The van der Waals surface area contributed by atoms with Crippen LogP contribution in [-0.2, 0) is 27.1 Å². The van der Waals surface area contributed by atoms with Crippen LogP contribution < -0.4 is 4.68 Å². The molecule has 0 aromatic carbocycles. The molecule has 7 nitrogen and oxygen atoms in total. The third-order valence-corrected chi connectivity index (χ3v) is 4.35. The van der Waals surface area contributed by atoms with E-state index in [1.807, 2.05) is 42.4 Å². The summed E-state index contributed by atoms with van der Waals surface area (Å²) in [5.74, 6) is 0. The van der Waals surface area contributed by atoms with Gasteiger partial charge < -0.3 is 5.11 Å². The van der Waals surface area contributed by atoms with Crippen LogP contribution in [0.1, 0.15) is 33.9 Å². The Labute approximate surface area is 141 Å². The normalized spacial score (nSPS) is 11.0. The minimum Gasteiger partial charge on any atom is -0.396 e. The van der Waals surface area contributed by atoms with Crippen molar-refractivity contribution in [3.63, 3.8) is 0 Å². The summed E-state index contributed by atoms with van der Waals surface area (Å²) in [7, 11) is 3.69. The molecule has 2 aromatic heterocycles. The van der Waals surface area contributed by atoms with Crippen LogP contribution in [-0.4, -0.2) is 26.2 Å². The Hall–Kier alpha value is -2.90. The summed E-state index contributed by atoms with van der Waals surface area (Å²) in [6.07, 6.45) is 4.23. The molecule has 0 aliphatic carbocycles. The van der Waals surface area contributed by atoms with Gasteiger partial charge in [0.25, 0.3) is 0 Å². The molecular weight excluding hydrogens is 304 g/mol. The lowest BCUT2D eigenvalue weighted by Gasteiger charge is -1.96. The quantitative estimate of drug-likeness (QED) is 0.817. The number of aliphatic hydroxyl groups excluding tert-OH is 1. The zero-order chi connectivity index (χ0) is 17.9. The average molecular weight is 325 g/mol. The highest BCUT2D eigenvalue weighted by molar-refractivity contribution is 5.57. The maximum atomic E-state index is 9.46. The highest BCUT2D eigenvalue weighted by Crippen LogP contribution is 2.14. The molecule has 0 saturated heterocycles. The van der Waals surface area contributed by atoms with Gasteiger partial charge in [-0.1, -0.05) is 4.68 Å². The SMILES string of the molecule is Cc1c(/C=C/C[n+]2c(C#N)c(CCO)c(C)n2C)c(C#N)nn1C. The number of nitriles is 2. The Morgan fingerprint density at radius 3 is 2.50 bits per heavy atom. The first-order valence-corrected chi connectivity index (χ1v) is 7.65. The molecule has 0 amide bonds. The molecule has 0 unspecified atom stereocenters. The summed E-state index contributed by atoms with van der Waals surface area (Å²) in [5.41, 5.74) is 4.48. The lowest BCUT2D eigenvalue weighted by atomic mass is 10.1. The van der Waals surface area contributed by atoms with E-state index >= 15 is 0 Å². The monoisotopic (exact) mass is 325 g/mol. The van der Waals surface area contributed by atoms with Crippen molar-refractivity contribution in [3.8, 4) is 12.1 Å². The number of nitrogens with zero attached hydrogens (tertiary/aromatic N) is 6. The zero-order valence-electron chi connectivity index (χ0n) is 14.4. The number of rotatable bonds is 5. The molecule has 2 aromatic rings. The highest BCUT2D eigenvalue weighted by Gasteiger charge is 2.25. The smallest absolute Gasteiger partial charge is 0.312 e. The maximum absolute atomic E-state index is 9.46. The first-order valence-electron chi connectivity index (χ1n) is 7.65. The van der Waals surface area contributed by atoms with Gasteiger partial charge in [0.15, 0.2) is 18.3 Å². The van der Waals surface area contributed by atoms with Crippen molar-refractivity contribution in [1.82, 2.24) is 14.5 Å². The Morgan fingerprint density at radius 2 is 1.92 bits per heavy atom. The number of hydrogen-bond acceptors (Lipinski definition) is 4. The minimum absolute atomic E-state index is 0.00970. The van der Waals surface area contributed by atoms with E-state index in [0.717, 1.165) is 22.5 Å². The van der Waals surface area contributed by atoms with E-state index in [1.54, 1.807) is 11.7 Å². The Kier molecular flexibility index (Phi) is 5.18. The van der Waals surface area contributed by atoms with Gasteiger partial charge in [0.2, 0.25) is 0 Å². The summed E-state index contributed by atoms with van der Waals surface area (Å²) in [6, 6.07) is 4.32. The van der Waals surface area contributed by atoms with E-state index in [1.165, 1.54) is 0 Å². The third-order valence-electron chi connectivity index (χ3n) is 4.35. The van der Waals surface area contributed by atoms with E-state index in [2.05, 4.69) is 17.2 Å². The fraction of sp³-hybridized carbons (Fsp3) is 0.412. The van der Waals surface area contributed by atoms with Crippen LogP contribution in [0.15, 0.2) is 6.08 Å². The van der Waals surface area contributed by atoms with Gasteiger partial charge in [0, 0.05) is 31.3 Å². The van der Waals surface area contributed by atoms with E-state index in [0.29, 0.717) is 24.4 Å². The van der Waals surface area contributed by atoms with Crippen molar-refractivity contribution < 1.29 is 9.79 Å². The largest absolute Gasteiger partial charge is 0.396 e. The molecule has 0 aliphatic rings. The van der Waals surface area contributed by atoms with Crippen molar-refractivity contribution in [3.05, 3.63) is 40.0 Å². The molecule has 0 bridgehead atoms. The zero-order valence-corrected chi connectivity index (χ0v) is 14.4. The van der Waals surface area contributed by atoms with Gasteiger partial charge in [0.05, 0.1) is 18.3 Å². The summed E-state index contributed by atoms with van der Waals surface area (Å²) in [4.78, 5) is 0. The summed E-state index contributed by atoms with van der Waals surface area (Å²) >= 11 is 0. The molecule has 2 rings (SSSR count). The lowest BCUT2D eigenvalue weighted by Crippen LogP contribution is -2.44. The molecule has 0 radical (unpaired) electrons. The second-order valence-electron chi connectivity index (χ2n) is 5.59. The van der Waals surface area contributed by atoms with Crippen LogP contribution in [0.5, 0.6) is 0 Å². The van der Waals surface area contributed by atoms with E-state index in [4.69, 9.17) is 5.26 Å². The third kappa shape index (κ3) is 2.94. The number of aryl methyl sites for hydroxylation is 1. The number of allylic oxidation sites excluding steroid dienone is 1. The molecule has 124 valence electrons. The van der Waals surface area contributed by atoms with Gasteiger partial charge in [-0.25, -0.2) is 0 Å². The molecule has 0 saturated carbocycles. The summed E-state index contributed by atoms with van der Waals surface area (Å²) < 4.78 is 5.45. The van der Waals surface area contributed by atoms with Crippen molar-refractivity contribution in [1.29, 1.82) is 10.5 Å². The van der Waals surface area contributed by atoms with Crippen molar-refractivity contribution in [2.75, 3.05) is 6.61 Å². The molecule has 2 heterocycles. The number of aromatic nitrogens is 4. The van der Waals surface area contributed by atoms with E-state index in [9.17, 15) is 10.4 Å². The molecule has 7 heteroatoms. The standard InChI is InChI=1S/C17H21N6O/c1-12-14(16(10-18)20-21(12)3)6-5-8-23-17(11-19)15(7-9-24)13(2)22(23)4/h5-6,24H,7-9H2,1-4H3/q+1/b6-5+. The second kappa shape index (κ2) is 7.12. The molecule has 0 spiro atoms. The van der Waals surface area contributed by atoms with Gasteiger partial charge in [-0.15, -0.1) is 0 Å². The van der Waals surface area contributed by atoms with Gasteiger partial charge in [0.1, 0.15) is 6.07 Å². The predicted molar refractivity (Wildman–Crippen MR) is 87.5 cm³/mol. The fourth-order valence-corrected chi connectivity index (χ4v) is 2.78. The van der Waals surface area contributed by atoms with Crippen LogP contribution >= 0.6 is 0 Å². The highest BCUT2D eigenvalue weighted by atomic mass is 16.3. The van der Waals surface area contributed by atoms with Crippen molar-refractivity contribution >= 4 is 6.08 Å². The Balaban J connectivity index is 2.36. The fourth-order valence-electron chi connectivity index (χ4n) is 2.78. The summed E-state index contributed by atoms with van der Waals surface area (Å²) in [5, 5.41) is 32.0.